The molecule has 1 aliphatic carbocycles. The number of hydrogen-bond donors (Lipinski definition) is 1. The molecular weight excluding hydrogens is 310 g/mol. The van der Waals surface area contributed by atoms with Crippen molar-refractivity contribution in [3.8, 4) is 0 Å². The average molecular weight is 340 g/mol. The highest BCUT2D eigenvalue weighted by molar-refractivity contribution is 7.85. The molecule has 0 spiro atoms. The van der Waals surface area contributed by atoms with Gasteiger partial charge in [-0.1, -0.05) is 33.6 Å². The molecule has 1 N–H and O–H groups in total. The Bertz CT molecular complexity index is 523. The minimum Gasteiger partial charge on any atom is -0.350 e. The fraction of sp³-hybridized carbons (Fsp3) is 0.812. The van der Waals surface area contributed by atoms with Gasteiger partial charge in [0.1, 0.15) is 5.82 Å². The van der Waals surface area contributed by atoms with Gasteiger partial charge in [0.25, 0.3) is 0 Å². The lowest BCUT2D eigenvalue weighted by atomic mass is 9.95. The van der Waals surface area contributed by atoms with Gasteiger partial charge in [-0.15, -0.1) is 0 Å². The predicted octanol–water partition coefficient (Wildman–Crippen LogP) is 2.55. The van der Waals surface area contributed by atoms with Crippen LogP contribution in [0.4, 0.5) is 11.9 Å². The van der Waals surface area contributed by atoms with Crippen LogP contribution < -0.4 is 10.2 Å². The molecule has 3 unspecified atom stereocenters. The molecule has 0 saturated heterocycles. The molecule has 0 aliphatic heterocycles. The van der Waals surface area contributed by atoms with Crippen LogP contribution in [0.1, 0.15) is 58.2 Å². The molecule has 23 heavy (non-hydrogen) atoms. The van der Waals surface area contributed by atoms with Crippen molar-refractivity contribution in [1.29, 1.82) is 0 Å². The summed E-state index contributed by atoms with van der Waals surface area (Å²) in [6, 6.07) is 0.182. The zero-order valence-electron chi connectivity index (χ0n) is 14.9. The number of hydrogen-bond acceptors (Lipinski definition) is 6. The van der Waals surface area contributed by atoms with E-state index in [1.165, 1.54) is 0 Å². The van der Waals surface area contributed by atoms with Gasteiger partial charge in [-0.25, -0.2) is 0 Å². The number of nitrogens with one attached hydrogen (secondary N) is 1. The average Bonchev–Trinajstić information content (AvgIpc) is 2.54. The van der Waals surface area contributed by atoms with Crippen LogP contribution in [0.3, 0.4) is 0 Å². The van der Waals surface area contributed by atoms with Gasteiger partial charge in [-0.2, -0.15) is 15.0 Å². The highest BCUT2D eigenvalue weighted by atomic mass is 32.2. The first-order valence-corrected chi connectivity index (χ1v) is 9.87. The summed E-state index contributed by atoms with van der Waals surface area (Å²) in [7, 11) is 3.07. The van der Waals surface area contributed by atoms with E-state index in [1.807, 2.05) is 25.9 Å². The van der Waals surface area contributed by atoms with Crippen molar-refractivity contribution >= 4 is 22.7 Å². The molecule has 1 heterocycles. The zero-order valence-corrected chi connectivity index (χ0v) is 15.7. The topological polar surface area (TPSA) is 71.0 Å². The van der Waals surface area contributed by atoms with Crippen molar-refractivity contribution in [2.45, 2.75) is 63.7 Å². The van der Waals surface area contributed by atoms with Crippen molar-refractivity contribution < 1.29 is 4.21 Å². The van der Waals surface area contributed by atoms with Crippen molar-refractivity contribution in [1.82, 2.24) is 15.0 Å². The third-order valence-corrected chi connectivity index (χ3v) is 6.01. The maximum absolute atomic E-state index is 12.3. The third kappa shape index (κ3) is 4.62. The first kappa shape index (κ1) is 18.1. The van der Waals surface area contributed by atoms with Gasteiger partial charge in [-0.3, -0.25) is 4.21 Å². The molecule has 0 radical (unpaired) electrons. The van der Waals surface area contributed by atoms with Gasteiger partial charge in [-0.05, 0) is 12.8 Å². The molecule has 130 valence electrons. The van der Waals surface area contributed by atoms with Gasteiger partial charge >= 0.3 is 0 Å². The van der Waals surface area contributed by atoms with E-state index in [9.17, 15) is 4.21 Å². The predicted molar refractivity (Wildman–Crippen MR) is 96.6 cm³/mol. The molecule has 7 heteroatoms. The summed E-state index contributed by atoms with van der Waals surface area (Å²) in [5, 5.41) is 3.65. The van der Waals surface area contributed by atoms with Crippen LogP contribution in [0.2, 0.25) is 0 Å². The van der Waals surface area contributed by atoms with Crippen molar-refractivity contribution in [2.24, 2.45) is 0 Å². The summed E-state index contributed by atoms with van der Waals surface area (Å²) in [5.74, 6) is 3.01. The summed E-state index contributed by atoms with van der Waals surface area (Å²) < 4.78 is 12.3. The Labute approximate surface area is 142 Å². The lowest BCUT2D eigenvalue weighted by Gasteiger charge is -2.31. The normalized spacial score (nSPS) is 22.9. The largest absolute Gasteiger partial charge is 0.350 e. The van der Waals surface area contributed by atoms with Crippen LogP contribution in [0.25, 0.3) is 0 Å². The summed E-state index contributed by atoms with van der Waals surface area (Å²) in [4.78, 5) is 15.5. The minimum atomic E-state index is -0.790. The van der Waals surface area contributed by atoms with Crippen LogP contribution >= 0.6 is 0 Å². The SMILES string of the molecule is CCS(=O)C1CCCCC1Nc1nc(C(C)C)nc(N(C)C)n1. The Hall–Kier alpha value is -1.24. The molecular formula is C16H29N5OS. The highest BCUT2D eigenvalue weighted by Crippen LogP contribution is 2.26. The Kier molecular flexibility index (Phi) is 6.33. The number of nitrogens with zero attached hydrogens (tertiary/aromatic N) is 4. The molecule has 0 amide bonds. The Morgan fingerprint density at radius 2 is 1.91 bits per heavy atom. The maximum atomic E-state index is 12.3. The molecule has 6 nitrogen and oxygen atoms in total. The van der Waals surface area contributed by atoms with E-state index in [4.69, 9.17) is 0 Å². The summed E-state index contributed by atoms with van der Waals surface area (Å²) in [5.41, 5.74) is 0. The third-order valence-electron chi connectivity index (χ3n) is 4.20. The summed E-state index contributed by atoms with van der Waals surface area (Å²) >= 11 is 0. The van der Waals surface area contributed by atoms with E-state index in [2.05, 4.69) is 34.1 Å². The first-order chi connectivity index (χ1) is 10.9. The smallest absolute Gasteiger partial charge is 0.229 e. The molecule has 1 aromatic heterocycles. The van der Waals surface area contributed by atoms with Gasteiger partial charge in [0.15, 0.2) is 0 Å². The second-order valence-corrected chi connectivity index (χ2v) is 8.55. The molecule has 0 bridgehead atoms. The van der Waals surface area contributed by atoms with E-state index < -0.39 is 10.8 Å². The summed E-state index contributed by atoms with van der Waals surface area (Å²) in [6.07, 6.45) is 4.36. The van der Waals surface area contributed by atoms with Gasteiger partial charge in [0.05, 0.1) is 5.25 Å². The Balaban J connectivity index is 2.24. The molecule has 1 aliphatic rings. The van der Waals surface area contributed by atoms with Gasteiger partial charge in [0.2, 0.25) is 11.9 Å². The van der Waals surface area contributed by atoms with Crippen LogP contribution in [-0.4, -0.2) is 50.3 Å². The van der Waals surface area contributed by atoms with Crippen LogP contribution in [0.5, 0.6) is 0 Å². The van der Waals surface area contributed by atoms with Crippen LogP contribution in [0, 0.1) is 0 Å². The van der Waals surface area contributed by atoms with E-state index in [-0.39, 0.29) is 17.2 Å². The highest BCUT2D eigenvalue weighted by Gasteiger charge is 2.30. The Morgan fingerprint density at radius 3 is 2.52 bits per heavy atom. The molecule has 1 fully saturated rings. The monoisotopic (exact) mass is 339 g/mol. The second kappa shape index (κ2) is 8.04. The summed E-state index contributed by atoms with van der Waals surface area (Å²) in [6.45, 7) is 6.15. The number of anilines is 2. The van der Waals surface area contributed by atoms with E-state index in [1.54, 1.807) is 0 Å². The Morgan fingerprint density at radius 1 is 1.22 bits per heavy atom. The van der Waals surface area contributed by atoms with Crippen LogP contribution in [-0.2, 0) is 10.8 Å². The lowest BCUT2D eigenvalue weighted by molar-refractivity contribution is 0.463. The molecule has 3 atom stereocenters. The number of aromatic nitrogens is 3. The lowest BCUT2D eigenvalue weighted by Crippen LogP contribution is -2.40. The fourth-order valence-corrected chi connectivity index (χ4v) is 4.29. The van der Waals surface area contributed by atoms with Crippen LogP contribution in [0.15, 0.2) is 0 Å². The zero-order chi connectivity index (χ0) is 17.0. The van der Waals surface area contributed by atoms with E-state index in [0.717, 1.165) is 31.5 Å². The van der Waals surface area contributed by atoms with Gasteiger partial charge in [0, 0.05) is 42.6 Å². The van der Waals surface area contributed by atoms with Crippen molar-refractivity contribution in [3.05, 3.63) is 5.82 Å². The standard InChI is InChI=1S/C16H29N5OS/c1-6-23(22)13-10-8-7-9-12(13)17-15-18-14(11(2)3)19-16(20-15)21(4)5/h11-13H,6-10H2,1-5H3,(H,17,18,19,20). The second-order valence-electron chi connectivity index (χ2n) is 6.61. The minimum absolute atomic E-state index is 0.182. The quantitative estimate of drug-likeness (QED) is 0.859. The number of rotatable bonds is 6. The molecule has 1 saturated carbocycles. The van der Waals surface area contributed by atoms with E-state index in [0.29, 0.717) is 17.6 Å². The first-order valence-electron chi connectivity index (χ1n) is 8.49. The van der Waals surface area contributed by atoms with Crippen molar-refractivity contribution in [3.63, 3.8) is 0 Å². The van der Waals surface area contributed by atoms with Crippen molar-refractivity contribution in [2.75, 3.05) is 30.1 Å². The molecule has 1 aromatic rings. The maximum Gasteiger partial charge on any atom is 0.229 e. The van der Waals surface area contributed by atoms with Gasteiger partial charge < -0.3 is 10.2 Å². The molecule has 2 rings (SSSR count). The fourth-order valence-electron chi connectivity index (χ4n) is 2.86. The van der Waals surface area contributed by atoms with E-state index >= 15 is 0 Å². The molecule has 0 aromatic carbocycles.